The number of para-hydroxylation sites is 1. The molecule has 8 aromatic carbocycles. The molecule has 0 N–H and O–H groups in total. The number of aromatic nitrogens is 5. The Bertz CT molecular complexity index is 3610. The molecule has 0 amide bonds. The molecule has 0 saturated carbocycles. The van der Waals surface area contributed by atoms with E-state index in [-0.39, 0.29) is 0 Å². The Hall–Kier alpha value is -7.83. The van der Waals surface area contributed by atoms with Gasteiger partial charge < -0.3 is 13.4 Å². The Kier molecular flexibility index (Phi) is 6.07. The van der Waals surface area contributed by atoms with Crippen molar-refractivity contribution in [2.75, 3.05) is 0 Å². The highest BCUT2D eigenvalue weighted by Crippen LogP contribution is 2.48. The normalized spacial score (nSPS) is 12.2. The van der Waals surface area contributed by atoms with Gasteiger partial charge in [-0.1, -0.05) is 121 Å². The minimum Gasteiger partial charge on any atom is -0.456 e. The number of hydrogen-bond donors (Lipinski definition) is 0. The standard InChI is InChI=1S/C51H29N5O/c1-3-11-31(12-4-1)49-52-50(32-13-5-2-6-14-32)54-51(53-49)33-23-21-30(22-24-33)34-15-9-16-35(29-34)55-39-19-10-20-40-44(39)45-41(55)26-28-42-46(45)47-43(57-42)27-25-37-36-17-7-8-18-38(36)56(40)48(37)47/h1-29H. The third-order valence-corrected chi connectivity index (χ3v) is 11.7. The van der Waals surface area contributed by atoms with Crippen LogP contribution >= 0.6 is 0 Å². The predicted molar refractivity (Wildman–Crippen MR) is 232 cm³/mol. The van der Waals surface area contributed by atoms with E-state index >= 15 is 0 Å². The van der Waals surface area contributed by atoms with Gasteiger partial charge in [0.15, 0.2) is 17.5 Å². The Morgan fingerprint density at radius 2 is 0.912 bits per heavy atom. The van der Waals surface area contributed by atoms with Crippen LogP contribution in [0, 0.1) is 0 Å². The maximum Gasteiger partial charge on any atom is 0.164 e. The van der Waals surface area contributed by atoms with Crippen LogP contribution in [0.3, 0.4) is 0 Å². The molecule has 0 saturated heterocycles. The average Bonchev–Trinajstić information content (AvgIpc) is 3.91. The van der Waals surface area contributed by atoms with E-state index in [9.17, 15) is 0 Å². The maximum absolute atomic E-state index is 6.59. The van der Waals surface area contributed by atoms with Gasteiger partial charge in [0, 0.05) is 49.3 Å². The fourth-order valence-electron chi connectivity index (χ4n) is 9.22. The zero-order valence-electron chi connectivity index (χ0n) is 30.4. The Morgan fingerprint density at radius 1 is 0.351 bits per heavy atom. The van der Waals surface area contributed by atoms with Crippen LogP contribution in [-0.4, -0.2) is 23.9 Å². The number of benzene rings is 8. The van der Waals surface area contributed by atoms with Gasteiger partial charge in [-0.2, -0.15) is 0 Å². The van der Waals surface area contributed by atoms with Crippen LogP contribution in [0.4, 0.5) is 0 Å². The lowest BCUT2D eigenvalue weighted by molar-refractivity contribution is 0.669. The lowest BCUT2D eigenvalue weighted by Gasteiger charge is -2.12. The van der Waals surface area contributed by atoms with Gasteiger partial charge >= 0.3 is 0 Å². The van der Waals surface area contributed by atoms with Crippen molar-refractivity contribution in [1.82, 2.24) is 23.9 Å². The van der Waals surface area contributed by atoms with E-state index in [0.29, 0.717) is 17.5 Å². The van der Waals surface area contributed by atoms with Crippen LogP contribution in [0.2, 0.25) is 0 Å². The second-order valence-electron chi connectivity index (χ2n) is 14.8. The number of furan rings is 1. The summed E-state index contributed by atoms with van der Waals surface area (Å²) < 4.78 is 11.5. The van der Waals surface area contributed by atoms with E-state index in [1.165, 1.54) is 48.9 Å². The van der Waals surface area contributed by atoms with E-state index in [4.69, 9.17) is 19.4 Å². The first kappa shape index (κ1) is 30.5. The molecule has 0 atom stereocenters. The lowest BCUT2D eigenvalue weighted by atomic mass is 10.0. The van der Waals surface area contributed by atoms with Crippen molar-refractivity contribution in [3.8, 4) is 51.0 Å². The topological polar surface area (TPSA) is 61.2 Å². The maximum atomic E-state index is 6.59. The summed E-state index contributed by atoms with van der Waals surface area (Å²) >= 11 is 0. The van der Waals surface area contributed by atoms with Gasteiger partial charge in [0.25, 0.3) is 0 Å². The van der Waals surface area contributed by atoms with E-state index in [1.807, 2.05) is 60.7 Å². The minimum absolute atomic E-state index is 0.638. The fourth-order valence-corrected chi connectivity index (χ4v) is 9.22. The first-order chi connectivity index (χ1) is 28.3. The van der Waals surface area contributed by atoms with E-state index < -0.39 is 0 Å². The molecule has 57 heavy (non-hydrogen) atoms. The molecule has 0 spiro atoms. The highest BCUT2D eigenvalue weighted by atomic mass is 16.3. The second-order valence-corrected chi connectivity index (χ2v) is 14.8. The molecule has 0 fully saturated rings. The van der Waals surface area contributed by atoms with Gasteiger partial charge in [-0.05, 0) is 65.7 Å². The molecular weight excluding hydrogens is 699 g/mol. The van der Waals surface area contributed by atoms with Crippen molar-refractivity contribution in [2.24, 2.45) is 0 Å². The summed E-state index contributed by atoms with van der Waals surface area (Å²) in [6.45, 7) is 0. The Morgan fingerprint density at radius 3 is 1.67 bits per heavy atom. The predicted octanol–water partition coefficient (Wildman–Crippen LogP) is 13.0. The summed E-state index contributed by atoms with van der Waals surface area (Å²) in [5, 5.41) is 7.32. The number of hydrogen-bond acceptors (Lipinski definition) is 4. The van der Waals surface area contributed by atoms with Crippen molar-refractivity contribution in [1.29, 1.82) is 0 Å². The van der Waals surface area contributed by atoms with Gasteiger partial charge in [0.2, 0.25) is 0 Å². The zero-order chi connectivity index (χ0) is 37.2. The van der Waals surface area contributed by atoms with E-state index in [2.05, 4.69) is 124 Å². The fraction of sp³-hybridized carbons (Fsp3) is 0. The van der Waals surface area contributed by atoms with Crippen molar-refractivity contribution >= 4 is 71.1 Å². The summed E-state index contributed by atoms with van der Waals surface area (Å²) in [7, 11) is 0. The molecule has 264 valence electrons. The quantitative estimate of drug-likeness (QED) is 0.177. The molecule has 5 heterocycles. The van der Waals surface area contributed by atoms with Crippen LogP contribution in [0.15, 0.2) is 180 Å². The summed E-state index contributed by atoms with van der Waals surface area (Å²) in [5.41, 5.74) is 13.9. The molecule has 6 heteroatoms. The van der Waals surface area contributed by atoms with Crippen LogP contribution < -0.4 is 0 Å². The molecule has 13 rings (SSSR count). The summed E-state index contributed by atoms with van der Waals surface area (Å²) in [5.74, 6) is 1.94. The molecule has 0 radical (unpaired) electrons. The Balaban J connectivity index is 0.979. The van der Waals surface area contributed by atoms with Crippen LogP contribution in [-0.2, 0) is 0 Å². The molecule has 0 aliphatic heterocycles. The van der Waals surface area contributed by atoms with E-state index in [0.717, 1.165) is 55.7 Å². The SMILES string of the molecule is c1ccc(-c2nc(-c3ccccc3)nc(-c3ccc(-c4cccc(-n5c6ccc7oc8ccc9c%10ccccc%10n%10c%11cccc5c%11c6c7c8c9%10)c4)cc3)n2)cc1. The summed E-state index contributed by atoms with van der Waals surface area (Å²) in [6, 6.07) is 61.8. The van der Waals surface area contributed by atoms with Gasteiger partial charge in [-0.15, -0.1) is 0 Å². The highest BCUT2D eigenvalue weighted by Gasteiger charge is 2.26. The molecule has 0 aliphatic carbocycles. The van der Waals surface area contributed by atoms with Crippen LogP contribution in [0.5, 0.6) is 0 Å². The van der Waals surface area contributed by atoms with Crippen molar-refractivity contribution in [3.63, 3.8) is 0 Å². The molecule has 6 nitrogen and oxygen atoms in total. The molecule has 13 aromatic rings. The van der Waals surface area contributed by atoms with Crippen molar-refractivity contribution in [3.05, 3.63) is 176 Å². The van der Waals surface area contributed by atoms with Gasteiger partial charge in [-0.25, -0.2) is 15.0 Å². The summed E-state index contributed by atoms with van der Waals surface area (Å²) in [6.07, 6.45) is 0. The smallest absolute Gasteiger partial charge is 0.164 e. The number of rotatable bonds is 5. The molecule has 0 unspecified atom stereocenters. The van der Waals surface area contributed by atoms with Gasteiger partial charge in [-0.3, -0.25) is 0 Å². The highest BCUT2D eigenvalue weighted by molar-refractivity contribution is 6.37. The third-order valence-electron chi connectivity index (χ3n) is 11.7. The van der Waals surface area contributed by atoms with Crippen molar-refractivity contribution < 1.29 is 4.42 Å². The summed E-state index contributed by atoms with van der Waals surface area (Å²) in [4.78, 5) is 14.8. The van der Waals surface area contributed by atoms with Crippen LogP contribution in [0.1, 0.15) is 0 Å². The first-order valence-corrected chi connectivity index (χ1v) is 19.2. The molecule has 0 aliphatic rings. The van der Waals surface area contributed by atoms with Crippen LogP contribution in [0.25, 0.3) is 122 Å². The number of nitrogens with zero attached hydrogens (tertiary/aromatic N) is 5. The first-order valence-electron chi connectivity index (χ1n) is 19.2. The lowest BCUT2D eigenvalue weighted by Crippen LogP contribution is -2.00. The Labute approximate surface area is 325 Å². The molecule has 0 bridgehead atoms. The number of fused-ring (bicyclic) bond motifs is 4. The minimum atomic E-state index is 0.638. The van der Waals surface area contributed by atoms with E-state index in [1.54, 1.807) is 0 Å². The second kappa shape index (κ2) is 11.4. The van der Waals surface area contributed by atoms with Gasteiger partial charge in [0.05, 0.1) is 33.0 Å². The van der Waals surface area contributed by atoms with Gasteiger partial charge in [0.1, 0.15) is 11.2 Å². The average molecular weight is 728 g/mol. The molecular formula is C51H29N5O. The zero-order valence-corrected chi connectivity index (χ0v) is 30.4. The third kappa shape index (κ3) is 4.26. The largest absolute Gasteiger partial charge is 0.456 e. The monoisotopic (exact) mass is 727 g/mol. The molecule has 5 aromatic heterocycles. The van der Waals surface area contributed by atoms with Crippen molar-refractivity contribution in [2.45, 2.75) is 0 Å².